The Hall–Kier alpha value is -0.700. The van der Waals surface area contributed by atoms with Crippen molar-refractivity contribution in [1.82, 2.24) is 15.1 Å². The second kappa shape index (κ2) is 5.96. The zero-order valence-electron chi connectivity index (χ0n) is 10.8. The Bertz CT molecular complexity index is 386. The van der Waals surface area contributed by atoms with E-state index < -0.39 is 20.7 Å². The second-order valence-corrected chi connectivity index (χ2v) is 6.52. The van der Waals surface area contributed by atoms with E-state index in [1.165, 1.54) is 9.79 Å². The quantitative estimate of drug-likeness (QED) is 0.456. The van der Waals surface area contributed by atoms with Gasteiger partial charge in [-0.3, -0.25) is 10.0 Å². The molecule has 0 spiro atoms. The van der Waals surface area contributed by atoms with Crippen molar-refractivity contribution in [2.75, 3.05) is 26.2 Å². The number of hydroxylamine groups is 1. The molecule has 0 saturated carbocycles. The largest absolute Gasteiger partial charge is 0.317 e. The van der Waals surface area contributed by atoms with E-state index in [4.69, 9.17) is 5.21 Å². The van der Waals surface area contributed by atoms with Gasteiger partial charge in [0, 0.05) is 13.1 Å². The SMILES string of the molecule is CCN(CC)S(=O)(=O)C1(C(=O)NO)CCNCC1. The number of piperidine rings is 1. The minimum absolute atomic E-state index is 0.165. The molecule has 1 aliphatic rings. The summed E-state index contributed by atoms with van der Waals surface area (Å²) >= 11 is 0. The molecule has 1 heterocycles. The molecule has 106 valence electrons. The molecular weight excluding hydrogens is 258 g/mol. The Kier molecular flexibility index (Phi) is 5.09. The van der Waals surface area contributed by atoms with Gasteiger partial charge in [0.05, 0.1) is 0 Å². The Morgan fingerprint density at radius 1 is 1.33 bits per heavy atom. The first kappa shape index (κ1) is 15.4. The lowest BCUT2D eigenvalue weighted by molar-refractivity contribution is -0.132. The molecule has 0 radical (unpaired) electrons. The van der Waals surface area contributed by atoms with Crippen LogP contribution in [0.1, 0.15) is 26.7 Å². The maximum absolute atomic E-state index is 12.6. The van der Waals surface area contributed by atoms with Crippen molar-refractivity contribution in [3.8, 4) is 0 Å². The van der Waals surface area contributed by atoms with Gasteiger partial charge in [-0.15, -0.1) is 0 Å². The molecule has 8 heteroatoms. The van der Waals surface area contributed by atoms with Crippen molar-refractivity contribution in [3.05, 3.63) is 0 Å². The van der Waals surface area contributed by atoms with Crippen LogP contribution in [0.2, 0.25) is 0 Å². The monoisotopic (exact) mass is 279 g/mol. The molecule has 1 amide bonds. The summed E-state index contributed by atoms with van der Waals surface area (Å²) in [6, 6.07) is 0. The Morgan fingerprint density at radius 2 is 1.83 bits per heavy atom. The van der Waals surface area contributed by atoms with E-state index >= 15 is 0 Å². The molecule has 7 nitrogen and oxygen atoms in total. The number of carbonyl (C=O) groups is 1. The highest BCUT2D eigenvalue weighted by Gasteiger charge is 2.53. The molecule has 0 aliphatic carbocycles. The van der Waals surface area contributed by atoms with E-state index in [-0.39, 0.29) is 12.8 Å². The van der Waals surface area contributed by atoms with Crippen molar-refractivity contribution < 1.29 is 18.4 Å². The number of nitrogens with one attached hydrogen (secondary N) is 2. The molecule has 3 N–H and O–H groups in total. The minimum Gasteiger partial charge on any atom is -0.317 e. The van der Waals surface area contributed by atoms with Crippen LogP contribution in [0.5, 0.6) is 0 Å². The topological polar surface area (TPSA) is 98.7 Å². The van der Waals surface area contributed by atoms with Crippen molar-refractivity contribution in [3.63, 3.8) is 0 Å². The van der Waals surface area contributed by atoms with Crippen LogP contribution in [0.25, 0.3) is 0 Å². The van der Waals surface area contributed by atoms with Gasteiger partial charge in [0.2, 0.25) is 10.0 Å². The number of sulfonamides is 1. The fraction of sp³-hybridized carbons (Fsp3) is 0.900. The van der Waals surface area contributed by atoms with E-state index in [2.05, 4.69) is 5.32 Å². The number of hydrogen-bond acceptors (Lipinski definition) is 5. The lowest BCUT2D eigenvalue weighted by Crippen LogP contribution is -2.61. The smallest absolute Gasteiger partial charge is 0.266 e. The van der Waals surface area contributed by atoms with Crippen molar-refractivity contribution in [1.29, 1.82) is 0 Å². The third-order valence-corrected chi connectivity index (χ3v) is 6.24. The van der Waals surface area contributed by atoms with Crippen LogP contribution >= 0.6 is 0 Å². The summed E-state index contributed by atoms with van der Waals surface area (Å²) in [6.07, 6.45) is 0.330. The fourth-order valence-corrected chi connectivity index (χ4v) is 4.52. The van der Waals surface area contributed by atoms with Crippen LogP contribution in [0.15, 0.2) is 0 Å². The molecule has 18 heavy (non-hydrogen) atoms. The predicted octanol–water partition coefficient (Wildman–Crippen LogP) is -0.714. The maximum Gasteiger partial charge on any atom is 0.266 e. The van der Waals surface area contributed by atoms with Gasteiger partial charge in [0.1, 0.15) is 0 Å². The van der Waals surface area contributed by atoms with E-state index in [0.717, 1.165) is 0 Å². The number of rotatable bonds is 5. The summed E-state index contributed by atoms with van der Waals surface area (Å²) < 4.78 is 24.9. The molecule has 1 aliphatic heterocycles. The van der Waals surface area contributed by atoms with Crippen LogP contribution in [0.3, 0.4) is 0 Å². The molecule has 0 unspecified atom stereocenters. The first-order chi connectivity index (χ1) is 8.46. The van der Waals surface area contributed by atoms with E-state index in [9.17, 15) is 13.2 Å². The van der Waals surface area contributed by atoms with Crippen LogP contribution in [-0.2, 0) is 14.8 Å². The summed E-state index contributed by atoms with van der Waals surface area (Å²) in [6.45, 7) is 4.96. The first-order valence-corrected chi connectivity index (χ1v) is 7.55. The van der Waals surface area contributed by atoms with Crippen molar-refractivity contribution >= 4 is 15.9 Å². The summed E-state index contributed by atoms with van der Waals surface area (Å²) in [4.78, 5) is 11.9. The Labute approximate surface area is 108 Å². The standard InChI is InChI=1S/C10H21N3O4S/c1-3-13(4-2)18(16,17)10(9(14)12-15)5-7-11-8-6-10/h11,15H,3-8H2,1-2H3,(H,12,14). The fourth-order valence-electron chi connectivity index (χ4n) is 2.35. The maximum atomic E-state index is 12.6. The molecular formula is C10H21N3O4S. The Morgan fingerprint density at radius 3 is 2.22 bits per heavy atom. The van der Waals surface area contributed by atoms with Crippen LogP contribution in [0, 0.1) is 0 Å². The third kappa shape index (κ3) is 2.37. The van der Waals surface area contributed by atoms with Gasteiger partial charge in [-0.05, 0) is 25.9 Å². The highest BCUT2D eigenvalue weighted by Crippen LogP contribution is 2.31. The molecule has 0 aromatic rings. The molecule has 0 bridgehead atoms. The normalized spacial score (nSPS) is 19.8. The molecule has 1 rings (SSSR count). The van der Waals surface area contributed by atoms with Gasteiger partial charge in [-0.2, -0.15) is 0 Å². The average molecular weight is 279 g/mol. The highest BCUT2D eigenvalue weighted by molar-refractivity contribution is 7.91. The third-order valence-electron chi connectivity index (χ3n) is 3.47. The highest BCUT2D eigenvalue weighted by atomic mass is 32.2. The summed E-state index contributed by atoms with van der Waals surface area (Å²) in [5.41, 5.74) is 1.51. The molecule has 0 aromatic heterocycles. The van der Waals surface area contributed by atoms with E-state index in [1.807, 2.05) is 0 Å². The number of nitrogens with zero attached hydrogens (tertiary/aromatic N) is 1. The van der Waals surface area contributed by atoms with Crippen molar-refractivity contribution in [2.45, 2.75) is 31.4 Å². The van der Waals surface area contributed by atoms with Crippen molar-refractivity contribution in [2.24, 2.45) is 0 Å². The summed E-state index contributed by atoms with van der Waals surface area (Å²) in [5.74, 6) is -0.837. The lowest BCUT2D eigenvalue weighted by atomic mass is 9.96. The van der Waals surface area contributed by atoms with Gasteiger partial charge < -0.3 is 5.32 Å². The van der Waals surface area contributed by atoms with Gasteiger partial charge in [0.15, 0.2) is 4.75 Å². The molecule has 1 saturated heterocycles. The van der Waals surface area contributed by atoms with Gasteiger partial charge in [-0.1, -0.05) is 13.8 Å². The van der Waals surface area contributed by atoms with Gasteiger partial charge in [0.25, 0.3) is 5.91 Å². The molecule has 0 aromatic carbocycles. The number of amides is 1. The van der Waals surface area contributed by atoms with Crippen LogP contribution in [-0.4, -0.2) is 54.8 Å². The minimum atomic E-state index is -3.78. The number of hydrogen-bond donors (Lipinski definition) is 3. The first-order valence-electron chi connectivity index (χ1n) is 6.11. The average Bonchev–Trinajstić information content (AvgIpc) is 2.39. The van der Waals surface area contributed by atoms with Crippen LogP contribution < -0.4 is 10.8 Å². The van der Waals surface area contributed by atoms with Gasteiger partial charge >= 0.3 is 0 Å². The van der Waals surface area contributed by atoms with Crippen LogP contribution in [0.4, 0.5) is 0 Å². The molecule has 1 fully saturated rings. The lowest BCUT2D eigenvalue weighted by Gasteiger charge is -2.38. The molecule has 0 atom stereocenters. The second-order valence-electron chi connectivity index (χ2n) is 4.27. The summed E-state index contributed by atoms with van der Waals surface area (Å²) in [7, 11) is -3.78. The Balaban J connectivity index is 3.21. The number of carbonyl (C=O) groups excluding carboxylic acids is 1. The zero-order chi connectivity index (χ0) is 13.8. The van der Waals surface area contributed by atoms with E-state index in [1.54, 1.807) is 13.8 Å². The summed E-state index contributed by atoms with van der Waals surface area (Å²) in [5, 5.41) is 11.9. The zero-order valence-corrected chi connectivity index (χ0v) is 11.6. The van der Waals surface area contributed by atoms with E-state index in [0.29, 0.717) is 26.2 Å². The predicted molar refractivity (Wildman–Crippen MR) is 66.6 cm³/mol. The van der Waals surface area contributed by atoms with Gasteiger partial charge in [-0.25, -0.2) is 18.2 Å².